The van der Waals surface area contributed by atoms with Crippen LogP contribution in [0.2, 0.25) is 5.02 Å². The number of para-hydroxylation sites is 1. The standard InChI is InChI=1S/C31H33ClN4O3/c1-20-18-29(36(21(2)37)26-15-11-24(32)12-16-26)27-7-3-4-8-28(27)35(20)31(39)22-9-13-25(14-10-22)34-17-5-6-23(19-34)30(33)38/h3-4,7-16,20,23,29H,5-6,17-19H2,1-2H3,(H2,33,38). The molecule has 1 saturated heterocycles. The normalized spacial score (nSPS) is 20.7. The summed E-state index contributed by atoms with van der Waals surface area (Å²) in [6.07, 6.45) is 2.31. The number of carbonyl (C=O) groups is 3. The van der Waals surface area contributed by atoms with Crippen LogP contribution in [0.5, 0.6) is 0 Å². The summed E-state index contributed by atoms with van der Waals surface area (Å²) in [5.41, 5.74) is 9.61. The van der Waals surface area contributed by atoms with Crippen LogP contribution in [0.4, 0.5) is 17.1 Å². The Balaban J connectivity index is 1.42. The predicted octanol–water partition coefficient (Wildman–Crippen LogP) is 5.57. The van der Waals surface area contributed by atoms with Crippen LogP contribution in [-0.4, -0.2) is 36.9 Å². The van der Waals surface area contributed by atoms with E-state index in [1.807, 2.05) is 72.5 Å². The lowest BCUT2D eigenvalue weighted by Gasteiger charge is -2.43. The molecule has 7 nitrogen and oxygen atoms in total. The highest BCUT2D eigenvalue weighted by atomic mass is 35.5. The number of hydrogen-bond donors (Lipinski definition) is 1. The Labute approximate surface area is 234 Å². The van der Waals surface area contributed by atoms with Crippen molar-refractivity contribution in [3.63, 3.8) is 0 Å². The van der Waals surface area contributed by atoms with Crippen molar-refractivity contribution in [2.75, 3.05) is 27.8 Å². The van der Waals surface area contributed by atoms with Gasteiger partial charge in [0.05, 0.1) is 12.0 Å². The summed E-state index contributed by atoms with van der Waals surface area (Å²) in [6.45, 7) is 5.04. The quantitative estimate of drug-likeness (QED) is 0.454. The SMILES string of the molecule is CC(=O)N(c1ccc(Cl)cc1)C1CC(C)N(C(=O)c2ccc(N3CCCC(C(N)=O)C3)cc2)c2ccccc21. The minimum atomic E-state index is -0.262. The highest BCUT2D eigenvalue weighted by Crippen LogP contribution is 2.43. The van der Waals surface area contributed by atoms with Crippen molar-refractivity contribution in [1.29, 1.82) is 0 Å². The van der Waals surface area contributed by atoms with Crippen molar-refractivity contribution in [1.82, 2.24) is 0 Å². The maximum Gasteiger partial charge on any atom is 0.258 e. The summed E-state index contributed by atoms with van der Waals surface area (Å²) in [5.74, 6) is -0.575. The zero-order chi connectivity index (χ0) is 27.7. The molecule has 0 aromatic heterocycles. The van der Waals surface area contributed by atoms with E-state index in [0.717, 1.165) is 42.0 Å². The molecular weight excluding hydrogens is 512 g/mol. The van der Waals surface area contributed by atoms with Crippen LogP contribution in [-0.2, 0) is 9.59 Å². The summed E-state index contributed by atoms with van der Waals surface area (Å²) >= 11 is 6.10. The van der Waals surface area contributed by atoms with E-state index in [-0.39, 0.29) is 35.7 Å². The molecular formula is C31H33ClN4O3. The van der Waals surface area contributed by atoms with Gasteiger partial charge in [0.1, 0.15) is 0 Å². The summed E-state index contributed by atoms with van der Waals surface area (Å²) in [6, 6.07) is 22.3. The molecule has 202 valence electrons. The maximum absolute atomic E-state index is 13.9. The third kappa shape index (κ3) is 5.36. The molecule has 0 bridgehead atoms. The zero-order valence-corrected chi connectivity index (χ0v) is 23.0. The van der Waals surface area contributed by atoms with Gasteiger partial charge in [0.2, 0.25) is 11.8 Å². The maximum atomic E-state index is 13.9. The van der Waals surface area contributed by atoms with Crippen molar-refractivity contribution >= 4 is 46.4 Å². The summed E-state index contributed by atoms with van der Waals surface area (Å²) in [5, 5.41) is 0.607. The first-order valence-electron chi connectivity index (χ1n) is 13.4. The lowest BCUT2D eigenvalue weighted by atomic mass is 9.89. The molecule has 2 aliphatic rings. The van der Waals surface area contributed by atoms with Gasteiger partial charge in [0.15, 0.2) is 0 Å². The molecule has 8 heteroatoms. The third-order valence-electron chi connectivity index (χ3n) is 7.84. The first kappa shape index (κ1) is 26.8. The van der Waals surface area contributed by atoms with Crippen molar-refractivity contribution in [2.45, 2.75) is 45.2 Å². The van der Waals surface area contributed by atoms with E-state index < -0.39 is 0 Å². The Morgan fingerprint density at radius 1 is 0.974 bits per heavy atom. The van der Waals surface area contributed by atoms with Crippen LogP contribution in [0.25, 0.3) is 0 Å². The molecule has 1 fully saturated rings. The van der Waals surface area contributed by atoms with Crippen molar-refractivity contribution in [2.24, 2.45) is 11.7 Å². The number of halogens is 1. The number of anilines is 3. The number of benzene rings is 3. The van der Waals surface area contributed by atoms with Gasteiger partial charge in [-0.25, -0.2) is 0 Å². The number of piperidine rings is 1. The number of fused-ring (bicyclic) bond motifs is 1. The fourth-order valence-electron chi connectivity index (χ4n) is 5.92. The molecule has 2 aliphatic heterocycles. The number of nitrogens with two attached hydrogens (primary N) is 1. The predicted molar refractivity (Wildman–Crippen MR) is 155 cm³/mol. The monoisotopic (exact) mass is 544 g/mol. The smallest absolute Gasteiger partial charge is 0.258 e. The van der Waals surface area contributed by atoms with Gasteiger partial charge in [0.25, 0.3) is 5.91 Å². The topological polar surface area (TPSA) is 87.0 Å². The Hall–Kier alpha value is -3.84. The minimum Gasteiger partial charge on any atom is -0.371 e. The molecule has 0 aliphatic carbocycles. The molecule has 39 heavy (non-hydrogen) atoms. The van der Waals surface area contributed by atoms with Gasteiger partial charge >= 0.3 is 0 Å². The van der Waals surface area contributed by atoms with Crippen molar-refractivity contribution < 1.29 is 14.4 Å². The van der Waals surface area contributed by atoms with Crippen LogP contribution in [0, 0.1) is 5.92 Å². The first-order chi connectivity index (χ1) is 18.7. The van der Waals surface area contributed by atoms with Crippen LogP contribution in [0.15, 0.2) is 72.8 Å². The highest BCUT2D eigenvalue weighted by molar-refractivity contribution is 6.30. The van der Waals surface area contributed by atoms with E-state index in [0.29, 0.717) is 23.6 Å². The average molecular weight is 545 g/mol. The van der Waals surface area contributed by atoms with Gasteiger partial charge in [0, 0.05) is 53.7 Å². The van der Waals surface area contributed by atoms with Gasteiger partial charge in [-0.2, -0.15) is 0 Å². The molecule has 2 N–H and O–H groups in total. The molecule has 5 rings (SSSR count). The number of amides is 3. The zero-order valence-electron chi connectivity index (χ0n) is 22.2. The molecule has 0 spiro atoms. The summed E-state index contributed by atoms with van der Waals surface area (Å²) < 4.78 is 0. The molecule has 3 atom stereocenters. The second-order valence-electron chi connectivity index (χ2n) is 10.4. The van der Waals surface area contributed by atoms with Gasteiger partial charge in [-0.15, -0.1) is 0 Å². The van der Waals surface area contributed by atoms with E-state index in [2.05, 4.69) is 4.90 Å². The van der Waals surface area contributed by atoms with Crippen molar-refractivity contribution in [3.05, 3.63) is 88.9 Å². The van der Waals surface area contributed by atoms with E-state index >= 15 is 0 Å². The fraction of sp³-hybridized carbons (Fsp3) is 0.323. The number of rotatable bonds is 5. The minimum absolute atomic E-state index is 0.0732. The largest absolute Gasteiger partial charge is 0.371 e. The third-order valence-corrected chi connectivity index (χ3v) is 8.09. The summed E-state index contributed by atoms with van der Waals surface area (Å²) in [7, 11) is 0. The molecule has 3 aromatic rings. The fourth-order valence-corrected chi connectivity index (χ4v) is 6.04. The van der Waals surface area contributed by atoms with Crippen LogP contribution in [0.1, 0.15) is 55.1 Å². The Kier molecular flexibility index (Phi) is 7.62. The molecule has 2 heterocycles. The Morgan fingerprint density at radius 2 is 1.67 bits per heavy atom. The highest BCUT2D eigenvalue weighted by Gasteiger charge is 2.38. The van der Waals surface area contributed by atoms with E-state index in [4.69, 9.17) is 17.3 Å². The van der Waals surface area contributed by atoms with Crippen LogP contribution in [0.3, 0.4) is 0 Å². The lowest BCUT2D eigenvalue weighted by molar-refractivity contribution is -0.122. The second kappa shape index (κ2) is 11.1. The number of carbonyl (C=O) groups excluding carboxylic acids is 3. The number of primary amides is 1. The summed E-state index contributed by atoms with van der Waals surface area (Å²) in [4.78, 5) is 44.2. The number of hydrogen-bond acceptors (Lipinski definition) is 4. The van der Waals surface area contributed by atoms with Gasteiger partial charge < -0.3 is 20.4 Å². The number of nitrogens with zero attached hydrogens (tertiary/aromatic N) is 3. The molecule has 3 unspecified atom stereocenters. The van der Waals surface area contributed by atoms with E-state index in [9.17, 15) is 14.4 Å². The Morgan fingerprint density at radius 3 is 2.33 bits per heavy atom. The van der Waals surface area contributed by atoms with Crippen LogP contribution < -0.4 is 20.4 Å². The van der Waals surface area contributed by atoms with E-state index in [1.54, 1.807) is 24.0 Å². The molecule has 3 aromatic carbocycles. The van der Waals surface area contributed by atoms with E-state index in [1.165, 1.54) is 0 Å². The Bertz CT molecular complexity index is 1380. The van der Waals surface area contributed by atoms with Crippen LogP contribution >= 0.6 is 11.6 Å². The van der Waals surface area contributed by atoms with Crippen molar-refractivity contribution in [3.8, 4) is 0 Å². The van der Waals surface area contributed by atoms with Gasteiger partial charge in [-0.3, -0.25) is 14.4 Å². The second-order valence-corrected chi connectivity index (χ2v) is 10.9. The molecule has 0 saturated carbocycles. The van der Waals surface area contributed by atoms with Gasteiger partial charge in [-0.1, -0.05) is 29.8 Å². The molecule has 3 amide bonds. The first-order valence-corrected chi connectivity index (χ1v) is 13.7. The lowest BCUT2D eigenvalue weighted by Crippen LogP contribution is -2.47. The van der Waals surface area contributed by atoms with Gasteiger partial charge in [-0.05, 0) is 86.3 Å². The molecule has 0 radical (unpaired) electrons. The average Bonchev–Trinajstić information content (AvgIpc) is 2.94.